The van der Waals surface area contributed by atoms with Gasteiger partial charge in [0, 0.05) is 52.1 Å². The zero-order chi connectivity index (χ0) is 19.6. The Kier molecular flexibility index (Phi) is 5.68. The molecule has 3 rings (SSSR count). The SMILES string of the molecule is CN(C)C(=O)N1CCC(C(=O)N2C[C@H](C(=O)O)[C@@H](c3ccccc3)C2)CC1. The lowest BCUT2D eigenvalue weighted by atomic mass is 9.89. The number of benzene rings is 1. The summed E-state index contributed by atoms with van der Waals surface area (Å²) in [4.78, 5) is 41.8. The molecule has 1 aromatic rings. The van der Waals surface area contributed by atoms with Crippen molar-refractivity contribution in [1.29, 1.82) is 0 Å². The lowest BCUT2D eigenvalue weighted by molar-refractivity contribution is -0.142. The lowest BCUT2D eigenvalue weighted by Gasteiger charge is -2.34. The van der Waals surface area contributed by atoms with Gasteiger partial charge in [-0.05, 0) is 18.4 Å². The quantitative estimate of drug-likeness (QED) is 0.875. The normalized spacial score (nSPS) is 23.3. The van der Waals surface area contributed by atoms with Gasteiger partial charge in [-0.1, -0.05) is 30.3 Å². The van der Waals surface area contributed by atoms with E-state index in [4.69, 9.17) is 0 Å². The Morgan fingerprint density at radius 3 is 2.19 bits per heavy atom. The largest absolute Gasteiger partial charge is 0.481 e. The van der Waals surface area contributed by atoms with E-state index in [1.807, 2.05) is 30.3 Å². The fourth-order valence-electron chi connectivity index (χ4n) is 4.13. The topological polar surface area (TPSA) is 81.2 Å². The lowest BCUT2D eigenvalue weighted by Crippen LogP contribution is -2.47. The van der Waals surface area contributed by atoms with Crippen molar-refractivity contribution in [3.05, 3.63) is 35.9 Å². The van der Waals surface area contributed by atoms with Gasteiger partial charge in [-0.25, -0.2) is 4.79 Å². The van der Waals surface area contributed by atoms with Crippen LogP contribution in [0.1, 0.15) is 24.3 Å². The molecule has 2 aliphatic rings. The summed E-state index contributed by atoms with van der Waals surface area (Å²) in [5.74, 6) is -1.72. The van der Waals surface area contributed by atoms with Crippen molar-refractivity contribution in [3.63, 3.8) is 0 Å². The molecule has 7 heteroatoms. The van der Waals surface area contributed by atoms with Crippen LogP contribution in [0.5, 0.6) is 0 Å². The Labute approximate surface area is 159 Å². The van der Waals surface area contributed by atoms with Crippen LogP contribution in [0.15, 0.2) is 30.3 Å². The van der Waals surface area contributed by atoms with Gasteiger partial charge in [-0.3, -0.25) is 9.59 Å². The third kappa shape index (κ3) is 4.07. The summed E-state index contributed by atoms with van der Waals surface area (Å²) in [5, 5.41) is 9.62. The maximum Gasteiger partial charge on any atom is 0.319 e. The number of carboxylic acid groups (broad SMARTS) is 1. The van der Waals surface area contributed by atoms with E-state index < -0.39 is 11.9 Å². The molecule has 0 unspecified atom stereocenters. The summed E-state index contributed by atoms with van der Waals surface area (Å²) in [6.45, 7) is 1.82. The Morgan fingerprint density at radius 1 is 1.00 bits per heavy atom. The first-order chi connectivity index (χ1) is 12.9. The monoisotopic (exact) mass is 373 g/mol. The molecule has 2 fully saturated rings. The van der Waals surface area contributed by atoms with Crippen LogP contribution in [0.2, 0.25) is 0 Å². The van der Waals surface area contributed by atoms with Gasteiger partial charge in [-0.2, -0.15) is 0 Å². The van der Waals surface area contributed by atoms with Gasteiger partial charge in [0.05, 0.1) is 5.92 Å². The number of carbonyl (C=O) groups is 3. The van der Waals surface area contributed by atoms with Gasteiger partial charge in [0.25, 0.3) is 0 Å². The van der Waals surface area contributed by atoms with Gasteiger partial charge in [-0.15, -0.1) is 0 Å². The fourth-order valence-corrected chi connectivity index (χ4v) is 4.13. The molecule has 0 aliphatic carbocycles. The molecule has 0 bridgehead atoms. The number of rotatable bonds is 3. The van der Waals surface area contributed by atoms with Crippen LogP contribution in [-0.4, -0.2) is 78.0 Å². The zero-order valence-corrected chi connectivity index (χ0v) is 15.9. The molecule has 0 aromatic heterocycles. The van der Waals surface area contributed by atoms with Crippen LogP contribution in [0.3, 0.4) is 0 Å². The van der Waals surface area contributed by atoms with Crippen LogP contribution in [0.25, 0.3) is 0 Å². The number of carboxylic acids is 1. The maximum atomic E-state index is 13.0. The van der Waals surface area contributed by atoms with Crippen LogP contribution >= 0.6 is 0 Å². The molecule has 0 saturated carbocycles. The maximum absolute atomic E-state index is 13.0. The van der Waals surface area contributed by atoms with Crippen LogP contribution < -0.4 is 0 Å². The highest BCUT2D eigenvalue weighted by molar-refractivity contribution is 5.82. The van der Waals surface area contributed by atoms with E-state index in [2.05, 4.69) is 0 Å². The number of likely N-dealkylation sites (tertiary alicyclic amines) is 2. The van der Waals surface area contributed by atoms with Gasteiger partial charge >= 0.3 is 12.0 Å². The number of hydrogen-bond donors (Lipinski definition) is 1. The van der Waals surface area contributed by atoms with Gasteiger partial charge < -0.3 is 19.8 Å². The third-order valence-electron chi connectivity index (χ3n) is 5.67. The summed E-state index contributed by atoms with van der Waals surface area (Å²) >= 11 is 0. The van der Waals surface area contributed by atoms with Crippen molar-refractivity contribution in [2.24, 2.45) is 11.8 Å². The number of urea groups is 1. The van der Waals surface area contributed by atoms with Crippen LogP contribution in [0, 0.1) is 11.8 Å². The molecule has 3 amide bonds. The first-order valence-corrected chi connectivity index (χ1v) is 9.41. The van der Waals surface area contributed by atoms with Gasteiger partial charge in [0.2, 0.25) is 5.91 Å². The Morgan fingerprint density at radius 2 is 1.63 bits per heavy atom. The van der Waals surface area contributed by atoms with E-state index in [1.165, 1.54) is 0 Å². The number of amides is 3. The summed E-state index contributed by atoms with van der Waals surface area (Å²) in [7, 11) is 3.44. The van der Waals surface area contributed by atoms with Crippen molar-refractivity contribution in [2.75, 3.05) is 40.3 Å². The fraction of sp³-hybridized carbons (Fsp3) is 0.550. The second kappa shape index (κ2) is 7.98. The number of aliphatic carboxylic acids is 1. The molecule has 146 valence electrons. The highest BCUT2D eigenvalue weighted by atomic mass is 16.4. The molecule has 1 N–H and O–H groups in total. The first kappa shape index (κ1) is 19.2. The summed E-state index contributed by atoms with van der Waals surface area (Å²) < 4.78 is 0. The van der Waals surface area contributed by atoms with Crippen LogP contribution in [0.4, 0.5) is 4.79 Å². The molecular weight excluding hydrogens is 346 g/mol. The molecule has 2 atom stereocenters. The Hall–Kier alpha value is -2.57. The minimum absolute atomic E-state index is 0.0247. The van der Waals surface area contributed by atoms with E-state index in [0.29, 0.717) is 32.5 Å². The van der Waals surface area contributed by atoms with Crippen molar-refractivity contribution < 1.29 is 19.5 Å². The first-order valence-electron chi connectivity index (χ1n) is 9.41. The van der Waals surface area contributed by atoms with Crippen molar-refractivity contribution in [3.8, 4) is 0 Å². The van der Waals surface area contributed by atoms with Crippen molar-refractivity contribution >= 4 is 17.9 Å². The average molecular weight is 373 g/mol. The second-order valence-electron chi connectivity index (χ2n) is 7.64. The Balaban J connectivity index is 1.64. The molecule has 0 radical (unpaired) electrons. The highest BCUT2D eigenvalue weighted by Gasteiger charge is 2.42. The molecule has 2 saturated heterocycles. The van der Waals surface area contributed by atoms with Gasteiger partial charge in [0.1, 0.15) is 0 Å². The van der Waals surface area contributed by atoms with E-state index in [0.717, 1.165) is 5.56 Å². The predicted molar refractivity (Wildman–Crippen MR) is 100 cm³/mol. The molecule has 2 aliphatic heterocycles. The van der Waals surface area contributed by atoms with Crippen molar-refractivity contribution in [1.82, 2.24) is 14.7 Å². The second-order valence-corrected chi connectivity index (χ2v) is 7.64. The number of piperidine rings is 1. The van der Waals surface area contributed by atoms with Crippen LogP contribution in [-0.2, 0) is 9.59 Å². The van der Waals surface area contributed by atoms with Crippen molar-refractivity contribution in [2.45, 2.75) is 18.8 Å². The number of carbonyl (C=O) groups excluding carboxylic acids is 2. The predicted octanol–water partition coefficient (Wildman–Crippen LogP) is 1.71. The van der Waals surface area contributed by atoms with E-state index >= 15 is 0 Å². The average Bonchev–Trinajstić information content (AvgIpc) is 3.13. The van der Waals surface area contributed by atoms with E-state index in [-0.39, 0.29) is 30.3 Å². The standard InChI is InChI=1S/C20H27N3O4/c1-21(2)20(27)22-10-8-15(9-11-22)18(24)23-12-16(17(13-23)19(25)26)14-6-4-3-5-7-14/h3-7,15-17H,8-13H2,1-2H3,(H,25,26)/t16-,17+/m1/s1. The third-order valence-corrected chi connectivity index (χ3v) is 5.67. The zero-order valence-electron chi connectivity index (χ0n) is 15.9. The molecule has 2 heterocycles. The smallest absolute Gasteiger partial charge is 0.319 e. The molecule has 1 aromatic carbocycles. The summed E-state index contributed by atoms with van der Waals surface area (Å²) in [6.07, 6.45) is 1.26. The minimum Gasteiger partial charge on any atom is -0.481 e. The van der Waals surface area contributed by atoms with E-state index in [1.54, 1.807) is 28.8 Å². The number of hydrogen-bond acceptors (Lipinski definition) is 3. The minimum atomic E-state index is -0.856. The molecule has 27 heavy (non-hydrogen) atoms. The highest BCUT2D eigenvalue weighted by Crippen LogP contribution is 2.34. The van der Waals surface area contributed by atoms with E-state index in [9.17, 15) is 19.5 Å². The number of nitrogens with zero attached hydrogens (tertiary/aromatic N) is 3. The Bertz CT molecular complexity index is 698. The van der Waals surface area contributed by atoms with Gasteiger partial charge in [0.15, 0.2) is 0 Å². The molecular formula is C20H27N3O4. The summed E-state index contributed by atoms with van der Waals surface area (Å²) in [5.41, 5.74) is 0.964. The molecule has 0 spiro atoms. The summed E-state index contributed by atoms with van der Waals surface area (Å²) in [6, 6.07) is 9.53. The molecule has 7 nitrogen and oxygen atoms in total.